The van der Waals surface area contributed by atoms with Gasteiger partial charge in [-0.2, -0.15) is 0 Å². The predicted octanol–water partition coefficient (Wildman–Crippen LogP) is 1.79. The summed E-state index contributed by atoms with van der Waals surface area (Å²) in [5.74, 6) is 1.52. The van der Waals surface area contributed by atoms with Crippen LogP contribution in [0.3, 0.4) is 0 Å². The summed E-state index contributed by atoms with van der Waals surface area (Å²) in [4.78, 5) is 10.2. The lowest BCUT2D eigenvalue weighted by Crippen LogP contribution is -1.70. The average Bonchev–Trinajstić information content (AvgIpc) is 2.63. The minimum atomic E-state index is 0.250. The second-order valence-corrected chi connectivity index (χ2v) is 1.89. The molecule has 0 bridgehead atoms. The van der Waals surface area contributed by atoms with Crippen LogP contribution in [0.2, 0.25) is 0 Å². The Labute approximate surface area is 56.6 Å². The van der Waals surface area contributed by atoms with Crippen molar-refractivity contribution in [2.24, 2.45) is 0 Å². The maximum Gasteiger partial charge on any atom is 0.215 e. The molecule has 2 rings (SSSR count). The lowest BCUT2D eigenvalue weighted by molar-refractivity contribution is 0.109. The van der Waals surface area contributed by atoms with Gasteiger partial charge in [0.1, 0.15) is 0 Å². The number of carbonyl (C=O) groups excluding carboxylic acids is 1. The molecule has 3 nitrogen and oxygen atoms in total. The highest BCUT2D eigenvalue weighted by Gasteiger charge is 2.20. The van der Waals surface area contributed by atoms with Gasteiger partial charge >= 0.3 is 0 Å². The number of aldehydes is 1. The quantitative estimate of drug-likeness (QED) is 0.561. The SMILES string of the molecule is O=Cc1occcc2oc1-2. The van der Waals surface area contributed by atoms with E-state index in [9.17, 15) is 4.79 Å². The fourth-order valence-electron chi connectivity index (χ4n) is 0.740. The maximum absolute atomic E-state index is 10.2. The van der Waals surface area contributed by atoms with E-state index in [0.717, 1.165) is 5.76 Å². The van der Waals surface area contributed by atoms with Gasteiger partial charge in [0, 0.05) is 0 Å². The van der Waals surface area contributed by atoms with Gasteiger partial charge in [0.15, 0.2) is 12.0 Å². The van der Waals surface area contributed by atoms with E-state index in [0.29, 0.717) is 12.0 Å². The molecule has 0 saturated carbocycles. The Morgan fingerprint density at radius 1 is 1.50 bits per heavy atom. The van der Waals surface area contributed by atoms with E-state index >= 15 is 0 Å². The van der Waals surface area contributed by atoms with E-state index in [4.69, 9.17) is 8.83 Å². The van der Waals surface area contributed by atoms with Gasteiger partial charge in [-0.15, -0.1) is 0 Å². The van der Waals surface area contributed by atoms with Crippen LogP contribution >= 0.6 is 0 Å². The molecule has 0 amide bonds. The fourth-order valence-corrected chi connectivity index (χ4v) is 0.740. The first kappa shape index (κ1) is 5.29. The highest BCUT2D eigenvalue weighted by Crippen LogP contribution is 2.33. The molecule has 0 saturated heterocycles. The Balaban J connectivity index is 2.63. The van der Waals surface area contributed by atoms with Gasteiger partial charge in [0.05, 0.1) is 6.26 Å². The topological polar surface area (TPSA) is 43.4 Å². The molecule has 0 aromatic rings. The van der Waals surface area contributed by atoms with Crippen LogP contribution in [0.15, 0.2) is 27.2 Å². The molecule has 0 aliphatic carbocycles. The van der Waals surface area contributed by atoms with Gasteiger partial charge in [0.25, 0.3) is 0 Å². The van der Waals surface area contributed by atoms with Crippen molar-refractivity contribution in [1.29, 1.82) is 0 Å². The van der Waals surface area contributed by atoms with Crippen LogP contribution in [0.1, 0.15) is 10.6 Å². The summed E-state index contributed by atoms with van der Waals surface area (Å²) in [5, 5.41) is 0. The summed E-state index contributed by atoms with van der Waals surface area (Å²) in [7, 11) is 0. The van der Waals surface area contributed by atoms with Crippen LogP contribution in [0.4, 0.5) is 0 Å². The maximum atomic E-state index is 10.2. The lowest BCUT2D eigenvalue weighted by Gasteiger charge is -1.74. The van der Waals surface area contributed by atoms with E-state index in [2.05, 4.69) is 0 Å². The van der Waals surface area contributed by atoms with Gasteiger partial charge in [-0.3, -0.25) is 4.79 Å². The van der Waals surface area contributed by atoms with Gasteiger partial charge in [-0.05, 0) is 12.1 Å². The Bertz CT molecular complexity index is 318. The van der Waals surface area contributed by atoms with Crippen LogP contribution < -0.4 is 0 Å². The van der Waals surface area contributed by atoms with E-state index in [1.54, 1.807) is 12.1 Å². The first-order chi connectivity index (χ1) is 4.92. The molecule has 0 radical (unpaired) electrons. The molecule has 0 atom stereocenters. The standard InChI is InChI=1S/C7H4O3/c8-4-6-7-5(10-7)2-1-3-9-6/h1-4H. The molecule has 0 fully saturated rings. The fraction of sp³-hybridized carbons (Fsp3) is 0. The normalized spacial score (nSPS) is 10.4. The number of rotatable bonds is 1. The molecule has 2 heterocycles. The molecule has 2 aliphatic rings. The highest BCUT2D eigenvalue weighted by molar-refractivity contribution is 5.82. The third-order valence-electron chi connectivity index (χ3n) is 1.25. The first-order valence-corrected chi connectivity index (χ1v) is 2.83. The number of carbonyl (C=O) groups is 1. The number of fused-ring (bicyclic) bond motifs is 1. The number of hydrogen-bond donors (Lipinski definition) is 0. The molecule has 0 aromatic carbocycles. The first-order valence-electron chi connectivity index (χ1n) is 2.83. The van der Waals surface area contributed by atoms with Crippen molar-refractivity contribution in [3.05, 3.63) is 24.2 Å². The van der Waals surface area contributed by atoms with Crippen molar-refractivity contribution in [1.82, 2.24) is 0 Å². The highest BCUT2D eigenvalue weighted by atomic mass is 16.4. The van der Waals surface area contributed by atoms with Crippen molar-refractivity contribution in [2.75, 3.05) is 0 Å². The Hall–Kier alpha value is -1.51. The Kier molecular flexibility index (Phi) is 0.917. The predicted molar refractivity (Wildman–Crippen MR) is 33.0 cm³/mol. The summed E-state index contributed by atoms with van der Waals surface area (Å²) in [6, 6.07) is 3.42. The van der Waals surface area contributed by atoms with Gasteiger partial charge in [0.2, 0.25) is 11.5 Å². The summed E-state index contributed by atoms with van der Waals surface area (Å²) in [6.07, 6.45) is 2.07. The summed E-state index contributed by atoms with van der Waals surface area (Å²) < 4.78 is 9.75. The molecule has 0 aromatic heterocycles. The summed E-state index contributed by atoms with van der Waals surface area (Å²) in [6.45, 7) is 0. The van der Waals surface area contributed by atoms with Crippen molar-refractivity contribution in [2.45, 2.75) is 0 Å². The van der Waals surface area contributed by atoms with Crippen molar-refractivity contribution >= 4 is 6.29 Å². The lowest BCUT2D eigenvalue weighted by atomic mass is 10.4. The van der Waals surface area contributed by atoms with Gasteiger partial charge in [-0.25, -0.2) is 0 Å². The third kappa shape index (κ3) is 0.639. The zero-order chi connectivity index (χ0) is 6.97. The third-order valence-corrected chi connectivity index (χ3v) is 1.25. The zero-order valence-corrected chi connectivity index (χ0v) is 5.03. The zero-order valence-electron chi connectivity index (χ0n) is 5.03. The minimum absolute atomic E-state index is 0.250. The molecule has 0 spiro atoms. The summed E-state index contributed by atoms with van der Waals surface area (Å²) >= 11 is 0. The molecule has 0 N–H and O–H groups in total. The summed E-state index contributed by atoms with van der Waals surface area (Å²) in [5.41, 5.74) is 0. The molecular formula is C7H4O3. The molecule has 3 heteroatoms. The van der Waals surface area contributed by atoms with E-state index in [-0.39, 0.29) is 5.76 Å². The monoisotopic (exact) mass is 136 g/mol. The number of hydrogen-bond acceptors (Lipinski definition) is 3. The van der Waals surface area contributed by atoms with Crippen LogP contribution in [-0.4, -0.2) is 6.29 Å². The second kappa shape index (κ2) is 1.73. The molecule has 10 heavy (non-hydrogen) atoms. The largest absolute Gasteiger partial charge is 0.457 e. The molecular weight excluding hydrogens is 132 g/mol. The molecule has 2 aliphatic heterocycles. The van der Waals surface area contributed by atoms with Gasteiger partial charge < -0.3 is 8.83 Å². The van der Waals surface area contributed by atoms with Crippen LogP contribution in [0, 0.1) is 0 Å². The molecule has 0 unspecified atom stereocenters. The van der Waals surface area contributed by atoms with Gasteiger partial charge in [-0.1, -0.05) is 0 Å². The van der Waals surface area contributed by atoms with Crippen LogP contribution in [0.25, 0.3) is 11.5 Å². The van der Waals surface area contributed by atoms with Crippen LogP contribution in [0.5, 0.6) is 0 Å². The van der Waals surface area contributed by atoms with Crippen molar-refractivity contribution < 1.29 is 13.6 Å². The Morgan fingerprint density at radius 3 is 3.20 bits per heavy atom. The Morgan fingerprint density at radius 2 is 2.40 bits per heavy atom. The van der Waals surface area contributed by atoms with E-state index in [1.807, 2.05) is 0 Å². The average molecular weight is 136 g/mol. The van der Waals surface area contributed by atoms with Crippen LogP contribution in [-0.2, 0) is 0 Å². The second-order valence-electron chi connectivity index (χ2n) is 1.89. The minimum Gasteiger partial charge on any atom is -0.457 e. The molecule has 50 valence electrons. The van der Waals surface area contributed by atoms with E-state index < -0.39 is 0 Å². The van der Waals surface area contributed by atoms with E-state index in [1.165, 1.54) is 6.26 Å². The van der Waals surface area contributed by atoms with Crippen molar-refractivity contribution in [3.63, 3.8) is 0 Å². The van der Waals surface area contributed by atoms with Crippen molar-refractivity contribution in [3.8, 4) is 11.5 Å². The smallest absolute Gasteiger partial charge is 0.215 e.